The number of aliphatic hydroxyl groups is 1. The molecule has 0 atom stereocenters. The Kier molecular flexibility index (Phi) is 9.59. The van der Waals surface area contributed by atoms with Crippen LogP contribution in [0.3, 0.4) is 0 Å². The van der Waals surface area contributed by atoms with Crippen LogP contribution >= 0.6 is 12.4 Å². The number of ether oxygens (including phenoxy) is 1. The van der Waals surface area contributed by atoms with Gasteiger partial charge in [-0.2, -0.15) is 10.2 Å². The topological polar surface area (TPSA) is 112 Å². The monoisotopic (exact) mass is 510 g/mol. The predicted octanol–water partition coefficient (Wildman–Crippen LogP) is 4.23. The lowest BCUT2D eigenvalue weighted by atomic mass is 10.00. The summed E-state index contributed by atoms with van der Waals surface area (Å²) in [6.07, 6.45) is 2.63. The van der Waals surface area contributed by atoms with Gasteiger partial charge in [-0.25, -0.2) is 0 Å². The molecule has 0 unspecified atom stereocenters. The summed E-state index contributed by atoms with van der Waals surface area (Å²) in [4.78, 5) is 18.9. The van der Waals surface area contributed by atoms with Crippen LogP contribution in [0.25, 0.3) is 22.8 Å². The second-order valence-corrected chi connectivity index (χ2v) is 9.04. The lowest BCUT2D eigenvalue weighted by Gasteiger charge is -2.18. The Balaban J connectivity index is 0.00000361. The number of aromatic nitrogens is 2. The van der Waals surface area contributed by atoms with Crippen molar-refractivity contribution in [3.05, 3.63) is 53.1 Å². The molecule has 3 aromatic rings. The van der Waals surface area contributed by atoms with Crippen molar-refractivity contribution in [2.75, 3.05) is 26.2 Å². The first-order valence-corrected chi connectivity index (χ1v) is 12.0. The number of benzene rings is 2. The zero-order valence-corrected chi connectivity index (χ0v) is 21.4. The fourth-order valence-electron chi connectivity index (χ4n) is 4.24. The zero-order chi connectivity index (χ0) is 24.8. The van der Waals surface area contributed by atoms with Crippen LogP contribution in [0.15, 0.2) is 40.9 Å². The molecule has 2 aromatic carbocycles. The van der Waals surface area contributed by atoms with Crippen molar-refractivity contribution in [2.45, 2.75) is 45.6 Å². The third kappa shape index (κ3) is 6.70. The summed E-state index contributed by atoms with van der Waals surface area (Å²) in [5.41, 5.74) is 4.43. The number of carbonyl (C=O) groups is 1. The highest BCUT2D eigenvalue weighted by molar-refractivity contribution is 5.85. The number of Topliss-reactive ketones (excluding diaryl/α,β-unsaturated/α-hetero) is 1. The summed E-state index contributed by atoms with van der Waals surface area (Å²) >= 11 is 0. The normalized spacial score (nSPS) is 13.4. The van der Waals surface area contributed by atoms with Gasteiger partial charge in [-0.15, -0.1) is 12.4 Å². The molecule has 8 nitrogen and oxygen atoms in total. The number of hydrogen-bond donors (Lipinski definition) is 1. The summed E-state index contributed by atoms with van der Waals surface area (Å²) in [7, 11) is 0. The van der Waals surface area contributed by atoms with E-state index in [1.165, 1.54) is 11.1 Å². The number of nitrogens with zero attached hydrogens (tertiary/aromatic N) is 4. The van der Waals surface area contributed by atoms with Gasteiger partial charge in [0.25, 0.3) is 5.89 Å². The van der Waals surface area contributed by atoms with Gasteiger partial charge >= 0.3 is 0 Å². The molecular formula is C27H31ClN4O4. The number of hydrogen-bond acceptors (Lipinski definition) is 8. The number of fused-ring (bicyclic) bond motifs is 1. The van der Waals surface area contributed by atoms with Crippen LogP contribution in [0, 0.1) is 11.3 Å². The largest absolute Gasteiger partial charge is 0.490 e. The first-order chi connectivity index (χ1) is 17.0. The first kappa shape index (κ1) is 27.3. The van der Waals surface area contributed by atoms with Crippen molar-refractivity contribution < 1.29 is 19.2 Å². The van der Waals surface area contributed by atoms with Gasteiger partial charge in [-0.05, 0) is 68.5 Å². The van der Waals surface area contributed by atoms with Gasteiger partial charge in [0, 0.05) is 37.2 Å². The van der Waals surface area contributed by atoms with E-state index in [0.717, 1.165) is 31.5 Å². The Bertz CT molecular complexity index is 1230. The summed E-state index contributed by atoms with van der Waals surface area (Å²) < 4.78 is 11.2. The summed E-state index contributed by atoms with van der Waals surface area (Å²) in [6.45, 7) is 5.95. The third-order valence-corrected chi connectivity index (χ3v) is 6.01. The lowest BCUT2D eigenvalue weighted by Crippen LogP contribution is -2.32. The van der Waals surface area contributed by atoms with Crippen molar-refractivity contribution in [2.24, 2.45) is 0 Å². The van der Waals surface area contributed by atoms with E-state index in [2.05, 4.69) is 33.2 Å². The molecule has 9 heteroatoms. The van der Waals surface area contributed by atoms with Gasteiger partial charge in [-0.1, -0.05) is 17.3 Å². The van der Waals surface area contributed by atoms with Crippen molar-refractivity contribution >= 4 is 18.2 Å². The average Bonchev–Trinajstić information content (AvgIpc) is 3.26. The van der Waals surface area contributed by atoms with E-state index < -0.39 is 0 Å². The number of nitriles is 1. The van der Waals surface area contributed by atoms with E-state index in [1.54, 1.807) is 12.1 Å². The smallest absolute Gasteiger partial charge is 0.258 e. The molecule has 0 amide bonds. The molecule has 36 heavy (non-hydrogen) atoms. The van der Waals surface area contributed by atoms with Gasteiger partial charge in [0.15, 0.2) is 0 Å². The average molecular weight is 511 g/mol. The van der Waals surface area contributed by atoms with E-state index in [1.807, 2.05) is 26.0 Å². The molecule has 190 valence electrons. The van der Waals surface area contributed by atoms with Crippen LogP contribution in [0.1, 0.15) is 43.4 Å². The predicted molar refractivity (Wildman–Crippen MR) is 138 cm³/mol. The van der Waals surface area contributed by atoms with Gasteiger partial charge < -0.3 is 14.4 Å². The van der Waals surface area contributed by atoms with Gasteiger partial charge in [0.1, 0.15) is 17.6 Å². The minimum atomic E-state index is -0.0324. The molecule has 1 aliphatic heterocycles. The van der Waals surface area contributed by atoms with E-state index in [9.17, 15) is 10.1 Å². The van der Waals surface area contributed by atoms with E-state index in [4.69, 9.17) is 14.4 Å². The number of rotatable bonds is 9. The van der Waals surface area contributed by atoms with E-state index in [0.29, 0.717) is 48.0 Å². The minimum Gasteiger partial charge on any atom is -0.490 e. The Morgan fingerprint density at radius 3 is 2.64 bits per heavy atom. The maximum Gasteiger partial charge on any atom is 0.258 e. The second kappa shape index (κ2) is 12.6. The summed E-state index contributed by atoms with van der Waals surface area (Å²) in [6, 6.07) is 13.6. The highest BCUT2D eigenvalue weighted by atomic mass is 35.5. The molecule has 1 N–H and O–H groups in total. The maximum absolute atomic E-state index is 12.1. The third-order valence-electron chi connectivity index (χ3n) is 6.01. The summed E-state index contributed by atoms with van der Waals surface area (Å²) in [5.74, 6) is 1.54. The van der Waals surface area contributed by atoms with Crippen molar-refractivity contribution in [3.8, 4) is 34.7 Å². The number of ketones is 1. The highest BCUT2D eigenvalue weighted by Crippen LogP contribution is 2.29. The van der Waals surface area contributed by atoms with Crippen molar-refractivity contribution in [1.29, 1.82) is 5.26 Å². The van der Waals surface area contributed by atoms with E-state index in [-0.39, 0.29) is 30.9 Å². The van der Waals surface area contributed by atoms with Crippen LogP contribution in [0.5, 0.6) is 5.75 Å². The van der Waals surface area contributed by atoms with E-state index >= 15 is 0 Å². The highest BCUT2D eigenvalue weighted by Gasteiger charge is 2.19. The second-order valence-electron chi connectivity index (χ2n) is 9.04. The molecule has 0 fully saturated rings. The van der Waals surface area contributed by atoms with Crippen LogP contribution in [-0.2, 0) is 17.6 Å². The van der Waals surface area contributed by atoms with Gasteiger partial charge in [0.2, 0.25) is 5.82 Å². The van der Waals surface area contributed by atoms with Crippen LogP contribution in [0.4, 0.5) is 0 Å². The molecule has 0 saturated heterocycles. The number of carbonyl (C=O) groups excluding carboxylic acids is 1. The fraction of sp³-hybridized carbons (Fsp3) is 0.407. The molecule has 0 aliphatic carbocycles. The Hall–Kier alpha value is -3.25. The van der Waals surface area contributed by atoms with Crippen molar-refractivity contribution in [1.82, 2.24) is 15.0 Å². The standard InChI is InChI=1S/C27H30N4O4.ClH/c1-18(2)34-25-8-7-22(15-23(25)16-28)27-29-26(30-35-27)21-6-5-19-9-11-31(12-10-20(19)14-21)17-24(33)4-3-13-32;/h5-8,14-15,18,32H,3-4,9-13,17H2,1-2H3;1H. The SMILES string of the molecule is CC(C)Oc1ccc(-c2nc(-c3ccc4c(c3)CCN(CC(=O)CCCO)CC4)no2)cc1C#N.Cl. The van der Waals surface area contributed by atoms with Crippen LogP contribution in [-0.4, -0.2) is 58.3 Å². The maximum atomic E-state index is 12.1. The summed E-state index contributed by atoms with van der Waals surface area (Å²) in [5, 5.41) is 22.6. The molecule has 0 spiro atoms. The quantitative estimate of drug-likeness (QED) is 0.455. The fourth-order valence-corrected chi connectivity index (χ4v) is 4.24. The lowest BCUT2D eigenvalue weighted by molar-refractivity contribution is -0.120. The first-order valence-electron chi connectivity index (χ1n) is 12.0. The molecule has 1 aromatic heterocycles. The molecule has 4 rings (SSSR count). The van der Waals surface area contributed by atoms with Crippen LogP contribution in [0.2, 0.25) is 0 Å². The van der Waals surface area contributed by atoms with Crippen LogP contribution < -0.4 is 4.74 Å². The molecule has 0 radical (unpaired) electrons. The Morgan fingerprint density at radius 2 is 1.92 bits per heavy atom. The van der Waals surface area contributed by atoms with Crippen molar-refractivity contribution in [3.63, 3.8) is 0 Å². The minimum absolute atomic E-state index is 0. The Morgan fingerprint density at radius 1 is 1.17 bits per heavy atom. The zero-order valence-electron chi connectivity index (χ0n) is 20.6. The molecular weight excluding hydrogens is 480 g/mol. The molecule has 0 saturated carbocycles. The van der Waals surface area contributed by atoms with Gasteiger partial charge in [-0.3, -0.25) is 9.69 Å². The van der Waals surface area contributed by atoms with Gasteiger partial charge in [0.05, 0.1) is 18.2 Å². The molecule has 1 aliphatic rings. The number of halogens is 1. The number of aliphatic hydroxyl groups excluding tert-OH is 1. The molecule has 0 bridgehead atoms. The Labute approximate surface area is 217 Å². The molecule has 2 heterocycles.